The average molecular weight is 235 g/mol. The first-order chi connectivity index (χ1) is 7.97. The lowest BCUT2D eigenvalue weighted by atomic mass is 10.1. The lowest BCUT2D eigenvalue weighted by Crippen LogP contribution is -2.28. The number of hydrogen-bond acceptors (Lipinski definition) is 3. The van der Waals surface area contributed by atoms with E-state index in [-0.39, 0.29) is 0 Å². The molecule has 0 spiro atoms. The zero-order valence-corrected chi connectivity index (χ0v) is 10.7. The summed E-state index contributed by atoms with van der Waals surface area (Å²) in [5.41, 5.74) is 13.0. The second-order valence-electron chi connectivity index (χ2n) is 4.54. The molecule has 4 heteroatoms. The van der Waals surface area contributed by atoms with Crippen LogP contribution >= 0.6 is 0 Å². The molecule has 0 bridgehead atoms. The fourth-order valence-electron chi connectivity index (χ4n) is 1.88. The minimum atomic E-state index is -0.482. The molecule has 0 heterocycles. The maximum atomic E-state index is 11.2. The second-order valence-corrected chi connectivity index (χ2v) is 4.54. The van der Waals surface area contributed by atoms with Crippen molar-refractivity contribution in [2.45, 2.75) is 20.8 Å². The smallest absolute Gasteiger partial charge is 0.250 e. The van der Waals surface area contributed by atoms with Crippen LogP contribution in [0, 0.1) is 5.92 Å². The van der Waals surface area contributed by atoms with Gasteiger partial charge in [0, 0.05) is 13.1 Å². The molecule has 0 atom stereocenters. The van der Waals surface area contributed by atoms with Crippen LogP contribution in [0.5, 0.6) is 0 Å². The third kappa shape index (κ3) is 3.12. The molecule has 94 valence electrons. The van der Waals surface area contributed by atoms with Gasteiger partial charge < -0.3 is 16.4 Å². The largest absolute Gasteiger partial charge is 0.396 e. The van der Waals surface area contributed by atoms with Gasteiger partial charge in [-0.15, -0.1) is 0 Å². The summed E-state index contributed by atoms with van der Waals surface area (Å²) in [5.74, 6) is 0.0523. The molecule has 1 rings (SSSR count). The van der Waals surface area contributed by atoms with Crippen molar-refractivity contribution in [3.8, 4) is 0 Å². The summed E-state index contributed by atoms with van der Waals surface area (Å²) in [6, 6.07) is 5.40. The van der Waals surface area contributed by atoms with Gasteiger partial charge in [0.2, 0.25) is 0 Å². The molecule has 17 heavy (non-hydrogen) atoms. The van der Waals surface area contributed by atoms with Gasteiger partial charge in [-0.25, -0.2) is 0 Å². The van der Waals surface area contributed by atoms with Crippen LogP contribution in [0.15, 0.2) is 18.2 Å². The maximum absolute atomic E-state index is 11.2. The molecule has 1 amide bonds. The van der Waals surface area contributed by atoms with E-state index >= 15 is 0 Å². The SMILES string of the molecule is CCN(CC(C)C)c1cccc(C(N)=O)c1N. The van der Waals surface area contributed by atoms with Gasteiger partial charge in [0.1, 0.15) is 0 Å². The molecule has 0 aromatic heterocycles. The van der Waals surface area contributed by atoms with E-state index in [9.17, 15) is 4.79 Å². The Morgan fingerprint density at radius 2 is 2.06 bits per heavy atom. The highest BCUT2D eigenvalue weighted by molar-refractivity contribution is 6.00. The van der Waals surface area contributed by atoms with Gasteiger partial charge >= 0.3 is 0 Å². The van der Waals surface area contributed by atoms with Crippen molar-refractivity contribution < 1.29 is 4.79 Å². The Hall–Kier alpha value is -1.71. The molecule has 0 saturated heterocycles. The summed E-state index contributed by atoms with van der Waals surface area (Å²) >= 11 is 0. The quantitative estimate of drug-likeness (QED) is 0.765. The van der Waals surface area contributed by atoms with E-state index in [1.807, 2.05) is 12.1 Å². The molecular weight excluding hydrogens is 214 g/mol. The highest BCUT2D eigenvalue weighted by Gasteiger charge is 2.14. The van der Waals surface area contributed by atoms with Crippen molar-refractivity contribution in [1.82, 2.24) is 0 Å². The number of nitrogen functional groups attached to an aromatic ring is 1. The first-order valence-electron chi connectivity index (χ1n) is 5.90. The van der Waals surface area contributed by atoms with Crippen molar-refractivity contribution in [3.63, 3.8) is 0 Å². The number of para-hydroxylation sites is 1. The minimum absolute atomic E-state index is 0.393. The molecular formula is C13H21N3O. The zero-order valence-electron chi connectivity index (χ0n) is 10.7. The van der Waals surface area contributed by atoms with Crippen molar-refractivity contribution in [2.75, 3.05) is 23.7 Å². The molecule has 4 N–H and O–H groups in total. The van der Waals surface area contributed by atoms with Gasteiger partial charge in [0.25, 0.3) is 5.91 Å². The number of hydrogen-bond donors (Lipinski definition) is 2. The minimum Gasteiger partial charge on any atom is -0.396 e. The second kappa shape index (κ2) is 5.57. The molecule has 0 radical (unpaired) electrons. The molecule has 0 unspecified atom stereocenters. The Morgan fingerprint density at radius 3 is 2.53 bits per heavy atom. The number of rotatable bonds is 5. The highest BCUT2D eigenvalue weighted by atomic mass is 16.1. The van der Waals surface area contributed by atoms with E-state index in [0.717, 1.165) is 18.8 Å². The number of amides is 1. The summed E-state index contributed by atoms with van der Waals surface area (Å²) < 4.78 is 0. The fraction of sp³-hybridized carbons (Fsp3) is 0.462. The first-order valence-corrected chi connectivity index (χ1v) is 5.90. The lowest BCUT2D eigenvalue weighted by molar-refractivity contribution is 0.100. The van der Waals surface area contributed by atoms with Gasteiger partial charge in [-0.05, 0) is 25.0 Å². The predicted molar refractivity (Wildman–Crippen MR) is 72.1 cm³/mol. The average Bonchev–Trinajstić information content (AvgIpc) is 2.26. The van der Waals surface area contributed by atoms with Crippen LogP contribution in [-0.4, -0.2) is 19.0 Å². The van der Waals surface area contributed by atoms with E-state index in [0.29, 0.717) is 17.2 Å². The molecule has 0 fully saturated rings. The van der Waals surface area contributed by atoms with Crippen LogP contribution in [0.3, 0.4) is 0 Å². The Bertz CT molecular complexity index is 402. The maximum Gasteiger partial charge on any atom is 0.250 e. The van der Waals surface area contributed by atoms with Crippen molar-refractivity contribution >= 4 is 17.3 Å². The van der Waals surface area contributed by atoms with Crippen LogP contribution in [0.25, 0.3) is 0 Å². The molecule has 0 aliphatic carbocycles. The summed E-state index contributed by atoms with van der Waals surface area (Å²) in [7, 11) is 0. The standard InChI is InChI=1S/C13H21N3O/c1-4-16(8-9(2)3)11-7-5-6-10(12(11)14)13(15)17/h5-7,9H,4,8,14H2,1-3H3,(H2,15,17). The highest BCUT2D eigenvalue weighted by Crippen LogP contribution is 2.27. The predicted octanol–water partition coefficient (Wildman–Crippen LogP) is 1.85. The monoisotopic (exact) mass is 235 g/mol. The Kier molecular flexibility index (Phi) is 4.37. The number of benzene rings is 1. The third-order valence-electron chi connectivity index (χ3n) is 2.66. The number of carbonyl (C=O) groups excluding carboxylic acids is 1. The molecule has 1 aromatic carbocycles. The summed E-state index contributed by atoms with van der Waals surface area (Å²) in [5, 5.41) is 0. The van der Waals surface area contributed by atoms with Crippen LogP contribution in [0.1, 0.15) is 31.1 Å². The Balaban J connectivity index is 3.11. The van der Waals surface area contributed by atoms with E-state index in [1.54, 1.807) is 6.07 Å². The summed E-state index contributed by atoms with van der Waals surface area (Å²) in [6.45, 7) is 8.12. The molecule has 0 aliphatic rings. The van der Waals surface area contributed by atoms with E-state index in [1.165, 1.54) is 0 Å². The van der Waals surface area contributed by atoms with Gasteiger partial charge in [0.15, 0.2) is 0 Å². The molecule has 1 aromatic rings. The van der Waals surface area contributed by atoms with Crippen molar-refractivity contribution in [2.24, 2.45) is 11.7 Å². The van der Waals surface area contributed by atoms with Gasteiger partial charge in [-0.1, -0.05) is 19.9 Å². The number of nitrogens with zero attached hydrogens (tertiary/aromatic N) is 1. The van der Waals surface area contributed by atoms with Gasteiger partial charge in [-0.2, -0.15) is 0 Å². The fourth-order valence-corrected chi connectivity index (χ4v) is 1.88. The zero-order chi connectivity index (χ0) is 13.0. The van der Waals surface area contributed by atoms with Gasteiger partial charge in [-0.3, -0.25) is 4.79 Å². The summed E-state index contributed by atoms with van der Waals surface area (Å²) in [4.78, 5) is 13.4. The number of carbonyl (C=O) groups is 1. The number of primary amides is 1. The van der Waals surface area contributed by atoms with Gasteiger partial charge in [0.05, 0.1) is 16.9 Å². The normalized spacial score (nSPS) is 10.6. The van der Waals surface area contributed by atoms with Crippen LogP contribution < -0.4 is 16.4 Å². The van der Waals surface area contributed by atoms with Crippen LogP contribution in [0.2, 0.25) is 0 Å². The van der Waals surface area contributed by atoms with Crippen LogP contribution in [0.4, 0.5) is 11.4 Å². The topological polar surface area (TPSA) is 72.3 Å². The molecule has 0 saturated carbocycles. The van der Waals surface area contributed by atoms with Crippen LogP contribution in [-0.2, 0) is 0 Å². The number of anilines is 2. The van der Waals surface area contributed by atoms with Crippen molar-refractivity contribution in [3.05, 3.63) is 23.8 Å². The first kappa shape index (κ1) is 13.4. The van der Waals surface area contributed by atoms with E-state index in [2.05, 4.69) is 25.7 Å². The Morgan fingerprint density at radius 1 is 1.41 bits per heavy atom. The Labute approximate surface area is 103 Å². The molecule has 0 aliphatic heterocycles. The van der Waals surface area contributed by atoms with Crippen molar-refractivity contribution in [1.29, 1.82) is 0 Å². The lowest BCUT2D eigenvalue weighted by Gasteiger charge is -2.27. The molecule has 4 nitrogen and oxygen atoms in total. The number of nitrogens with two attached hydrogens (primary N) is 2. The van der Waals surface area contributed by atoms with E-state index in [4.69, 9.17) is 11.5 Å². The third-order valence-corrected chi connectivity index (χ3v) is 2.66. The van der Waals surface area contributed by atoms with E-state index < -0.39 is 5.91 Å². The summed E-state index contributed by atoms with van der Waals surface area (Å²) in [6.07, 6.45) is 0.